The van der Waals surface area contributed by atoms with Gasteiger partial charge in [-0.15, -0.1) is 0 Å². The van der Waals surface area contributed by atoms with Crippen molar-refractivity contribution in [3.05, 3.63) is 59.7 Å². The fourth-order valence-electron chi connectivity index (χ4n) is 1.49. The highest BCUT2D eigenvalue weighted by molar-refractivity contribution is 5.95. The zero-order valence-corrected chi connectivity index (χ0v) is 10.1. The number of benzene rings is 2. The molecule has 0 aliphatic rings. The van der Waals surface area contributed by atoms with Crippen LogP contribution in [0.15, 0.2) is 48.5 Å². The van der Waals surface area contributed by atoms with Crippen LogP contribution in [-0.4, -0.2) is 11.8 Å². The van der Waals surface area contributed by atoms with Crippen molar-refractivity contribution in [2.24, 2.45) is 5.73 Å². The predicted octanol–water partition coefficient (Wildman–Crippen LogP) is 1.77. The van der Waals surface area contributed by atoms with E-state index in [0.717, 1.165) is 0 Å². The van der Waals surface area contributed by atoms with Gasteiger partial charge < -0.3 is 16.2 Å². The van der Waals surface area contributed by atoms with Crippen LogP contribution in [0.2, 0.25) is 0 Å². The van der Waals surface area contributed by atoms with E-state index in [4.69, 9.17) is 21.6 Å². The van der Waals surface area contributed by atoms with Crippen molar-refractivity contribution < 1.29 is 9.53 Å². The van der Waals surface area contributed by atoms with Gasteiger partial charge in [-0.2, -0.15) is 0 Å². The van der Waals surface area contributed by atoms with Gasteiger partial charge in [-0.3, -0.25) is 5.41 Å². The summed E-state index contributed by atoms with van der Waals surface area (Å²) < 4.78 is 5.18. The number of hydrogen-bond acceptors (Lipinski definition) is 4. The lowest BCUT2D eigenvalue weighted by Gasteiger charge is -2.05. The summed E-state index contributed by atoms with van der Waals surface area (Å²) in [5.41, 5.74) is 12.5. The molecular weight excluding hydrogens is 242 g/mol. The lowest BCUT2D eigenvalue weighted by atomic mass is 10.2. The van der Waals surface area contributed by atoms with Crippen LogP contribution in [-0.2, 0) is 0 Å². The first-order valence-electron chi connectivity index (χ1n) is 5.58. The Hall–Kier alpha value is -2.82. The first kappa shape index (κ1) is 12.6. The van der Waals surface area contributed by atoms with Gasteiger partial charge in [-0.1, -0.05) is 0 Å². The number of carbonyl (C=O) groups is 1. The lowest BCUT2D eigenvalue weighted by Crippen LogP contribution is -2.11. The highest BCUT2D eigenvalue weighted by atomic mass is 16.5. The van der Waals surface area contributed by atoms with E-state index in [1.165, 1.54) is 0 Å². The van der Waals surface area contributed by atoms with Crippen molar-refractivity contribution in [1.82, 2.24) is 0 Å². The summed E-state index contributed by atoms with van der Waals surface area (Å²) in [6.45, 7) is 0. The molecule has 0 fully saturated rings. The average molecular weight is 255 g/mol. The molecule has 0 aliphatic carbocycles. The molecule has 0 atom stereocenters. The normalized spacial score (nSPS) is 9.89. The van der Waals surface area contributed by atoms with E-state index in [2.05, 4.69) is 0 Å². The van der Waals surface area contributed by atoms with E-state index in [-0.39, 0.29) is 5.84 Å². The van der Waals surface area contributed by atoms with Crippen molar-refractivity contribution in [2.75, 3.05) is 5.73 Å². The number of carbonyl (C=O) groups excluding carboxylic acids is 1. The van der Waals surface area contributed by atoms with Gasteiger partial charge in [0.05, 0.1) is 5.56 Å². The summed E-state index contributed by atoms with van der Waals surface area (Å²) in [5, 5.41) is 7.26. The highest BCUT2D eigenvalue weighted by Crippen LogP contribution is 2.14. The number of amidine groups is 1. The van der Waals surface area contributed by atoms with E-state index in [0.29, 0.717) is 22.6 Å². The third-order valence-electron chi connectivity index (χ3n) is 2.52. The molecule has 0 saturated heterocycles. The Kier molecular flexibility index (Phi) is 3.47. The van der Waals surface area contributed by atoms with E-state index in [1.807, 2.05) is 0 Å². The smallest absolute Gasteiger partial charge is 0.343 e. The summed E-state index contributed by atoms with van der Waals surface area (Å²) >= 11 is 0. The number of anilines is 1. The van der Waals surface area contributed by atoms with Crippen molar-refractivity contribution in [3.63, 3.8) is 0 Å². The van der Waals surface area contributed by atoms with Crippen molar-refractivity contribution in [1.29, 1.82) is 5.41 Å². The molecule has 0 spiro atoms. The van der Waals surface area contributed by atoms with Gasteiger partial charge in [-0.05, 0) is 48.5 Å². The molecule has 0 unspecified atom stereocenters. The molecule has 96 valence electrons. The third-order valence-corrected chi connectivity index (χ3v) is 2.52. The lowest BCUT2D eigenvalue weighted by molar-refractivity contribution is 0.0735. The summed E-state index contributed by atoms with van der Waals surface area (Å²) in [7, 11) is 0. The minimum Gasteiger partial charge on any atom is -0.423 e. The SMILES string of the molecule is N=C(N)c1ccc(OC(=O)c2ccc(N)cc2)cc1. The number of nitrogens with two attached hydrogens (primary N) is 2. The monoisotopic (exact) mass is 255 g/mol. The topological polar surface area (TPSA) is 102 Å². The Balaban J connectivity index is 2.10. The second kappa shape index (κ2) is 5.22. The van der Waals surface area contributed by atoms with Gasteiger partial charge in [0.25, 0.3) is 0 Å². The maximum absolute atomic E-state index is 11.8. The highest BCUT2D eigenvalue weighted by Gasteiger charge is 2.08. The van der Waals surface area contributed by atoms with E-state index in [9.17, 15) is 4.79 Å². The first-order valence-corrected chi connectivity index (χ1v) is 5.58. The van der Waals surface area contributed by atoms with Gasteiger partial charge in [0.2, 0.25) is 0 Å². The van der Waals surface area contributed by atoms with Crippen LogP contribution in [0.1, 0.15) is 15.9 Å². The second-order valence-corrected chi connectivity index (χ2v) is 3.95. The number of hydrogen-bond donors (Lipinski definition) is 3. The number of esters is 1. The van der Waals surface area contributed by atoms with Crippen molar-refractivity contribution in [3.8, 4) is 5.75 Å². The van der Waals surface area contributed by atoms with Gasteiger partial charge in [-0.25, -0.2) is 4.79 Å². The van der Waals surface area contributed by atoms with E-state index >= 15 is 0 Å². The van der Waals surface area contributed by atoms with Gasteiger partial charge >= 0.3 is 5.97 Å². The Bertz CT molecular complexity index is 604. The Labute approximate surface area is 110 Å². The second-order valence-electron chi connectivity index (χ2n) is 3.95. The van der Waals surface area contributed by atoms with Crippen LogP contribution in [0.5, 0.6) is 5.75 Å². The molecule has 0 heterocycles. The minimum absolute atomic E-state index is 0.0311. The van der Waals surface area contributed by atoms with Crippen LogP contribution in [0.4, 0.5) is 5.69 Å². The number of nitrogen functional groups attached to an aromatic ring is 2. The predicted molar refractivity (Wildman–Crippen MR) is 73.3 cm³/mol. The molecule has 5 heteroatoms. The Morgan fingerprint density at radius 2 is 1.47 bits per heavy atom. The molecule has 5 N–H and O–H groups in total. The zero-order chi connectivity index (χ0) is 13.8. The molecule has 2 aromatic rings. The Morgan fingerprint density at radius 1 is 0.947 bits per heavy atom. The van der Waals surface area contributed by atoms with Gasteiger partial charge in [0, 0.05) is 11.3 Å². The molecule has 0 aliphatic heterocycles. The van der Waals surface area contributed by atoms with Crippen LogP contribution in [0, 0.1) is 5.41 Å². The van der Waals surface area contributed by atoms with Crippen LogP contribution in [0.25, 0.3) is 0 Å². The number of rotatable bonds is 3. The van der Waals surface area contributed by atoms with Gasteiger partial charge in [0.1, 0.15) is 11.6 Å². The summed E-state index contributed by atoms with van der Waals surface area (Å²) in [4.78, 5) is 11.8. The first-order chi connectivity index (χ1) is 9.06. The molecule has 0 amide bonds. The van der Waals surface area contributed by atoms with E-state index in [1.54, 1.807) is 48.5 Å². The number of ether oxygens (including phenoxy) is 1. The minimum atomic E-state index is -0.462. The zero-order valence-electron chi connectivity index (χ0n) is 10.1. The van der Waals surface area contributed by atoms with Crippen molar-refractivity contribution >= 4 is 17.5 Å². The van der Waals surface area contributed by atoms with Crippen LogP contribution in [0.3, 0.4) is 0 Å². The standard InChI is InChI=1S/C14H13N3O2/c15-11-5-1-10(2-6-11)14(18)19-12-7-3-9(4-8-12)13(16)17/h1-8H,15H2,(H3,16,17). The average Bonchev–Trinajstić information content (AvgIpc) is 2.40. The maximum atomic E-state index is 11.8. The third kappa shape index (κ3) is 3.10. The quantitative estimate of drug-likeness (QED) is 0.256. The molecule has 5 nitrogen and oxygen atoms in total. The summed E-state index contributed by atoms with van der Waals surface area (Å²) in [6, 6.07) is 12.9. The fraction of sp³-hybridized carbons (Fsp3) is 0. The van der Waals surface area contributed by atoms with E-state index < -0.39 is 5.97 Å². The Morgan fingerprint density at radius 3 is 2.00 bits per heavy atom. The van der Waals surface area contributed by atoms with Crippen LogP contribution < -0.4 is 16.2 Å². The molecule has 19 heavy (non-hydrogen) atoms. The molecule has 2 aromatic carbocycles. The molecule has 2 rings (SSSR count). The molecule has 0 saturated carbocycles. The van der Waals surface area contributed by atoms with Crippen LogP contribution >= 0.6 is 0 Å². The summed E-state index contributed by atoms with van der Waals surface area (Å²) in [6.07, 6.45) is 0. The molecular formula is C14H13N3O2. The molecule has 0 aromatic heterocycles. The van der Waals surface area contributed by atoms with Gasteiger partial charge in [0.15, 0.2) is 0 Å². The molecule has 0 radical (unpaired) electrons. The largest absolute Gasteiger partial charge is 0.423 e. The van der Waals surface area contributed by atoms with Crippen molar-refractivity contribution in [2.45, 2.75) is 0 Å². The fourth-order valence-corrected chi connectivity index (χ4v) is 1.49. The maximum Gasteiger partial charge on any atom is 0.343 e. The molecule has 0 bridgehead atoms. The number of nitrogens with one attached hydrogen (secondary N) is 1. The summed E-state index contributed by atoms with van der Waals surface area (Å²) in [5.74, 6) is -0.0983.